The van der Waals surface area contributed by atoms with Crippen LogP contribution in [0.25, 0.3) is 0 Å². The topological polar surface area (TPSA) is 41.1 Å². The zero-order valence-electron chi connectivity index (χ0n) is 10.9. The van der Waals surface area contributed by atoms with E-state index in [-0.39, 0.29) is 11.9 Å². The van der Waals surface area contributed by atoms with Gasteiger partial charge in [0.2, 0.25) is 5.91 Å². The van der Waals surface area contributed by atoms with Gasteiger partial charge in [0.1, 0.15) is 0 Å². The van der Waals surface area contributed by atoms with Crippen molar-refractivity contribution in [2.45, 2.75) is 25.4 Å². The van der Waals surface area contributed by atoms with E-state index in [9.17, 15) is 4.79 Å². The molecule has 1 unspecified atom stereocenters. The lowest BCUT2D eigenvalue weighted by atomic mass is 10.1. The molecule has 2 heterocycles. The van der Waals surface area contributed by atoms with E-state index in [0.29, 0.717) is 0 Å². The van der Waals surface area contributed by atoms with Crippen LogP contribution >= 0.6 is 27.3 Å². The van der Waals surface area contributed by atoms with E-state index >= 15 is 0 Å². The summed E-state index contributed by atoms with van der Waals surface area (Å²) >= 11 is 5.15. The smallest absolute Gasteiger partial charge is 0.241 e. The van der Waals surface area contributed by atoms with Gasteiger partial charge >= 0.3 is 0 Å². The van der Waals surface area contributed by atoms with Crippen LogP contribution in [-0.4, -0.2) is 11.9 Å². The molecule has 2 N–H and O–H groups in total. The third kappa shape index (κ3) is 3.11. The van der Waals surface area contributed by atoms with Gasteiger partial charge in [-0.2, -0.15) is 0 Å². The van der Waals surface area contributed by atoms with Gasteiger partial charge < -0.3 is 10.6 Å². The molecule has 3 nitrogen and oxygen atoms in total. The minimum absolute atomic E-state index is 0.0607. The fourth-order valence-corrected chi connectivity index (χ4v) is 3.81. The lowest BCUT2D eigenvalue weighted by molar-refractivity contribution is -0.118. The molecule has 0 bridgehead atoms. The van der Waals surface area contributed by atoms with E-state index in [1.807, 2.05) is 24.3 Å². The molecule has 0 spiro atoms. The summed E-state index contributed by atoms with van der Waals surface area (Å²) in [5, 5.41) is 6.36. The van der Waals surface area contributed by atoms with Crippen molar-refractivity contribution >= 4 is 38.9 Å². The van der Waals surface area contributed by atoms with Gasteiger partial charge in [-0.15, -0.1) is 11.3 Å². The maximum Gasteiger partial charge on any atom is 0.241 e. The Morgan fingerprint density at radius 2 is 2.15 bits per heavy atom. The number of para-hydroxylation sites is 1. The summed E-state index contributed by atoms with van der Waals surface area (Å²) < 4.78 is 1.12. The molecule has 1 atom stereocenters. The largest absolute Gasteiger partial charge is 0.324 e. The number of thiophene rings is 1. The molecule has 104 valence electrons. The van der Waals surface area contributed by atoms with Crippen molar-refractivity contribution in [3.05, 3.63) is 50.6 Å². The number of amides is 1. The van der Waals surface area contributed by atoms with Gasteiger partial charge in [0.05, 0.1) is 9.83 Å². The van der Waals surface area contributed by atoms with E-state index in [2.05, 4.69) is 38.7 Å². The summed E-state index contributed by atoms with van der Waals surface area (Å²) in [6.07, 6.45) is 1.75. The summed E-state index contributed by atoms with van der Waals surface area (Å²) in [6, 6.07) is 12.0. The highest BCUT2D eigenvalue weighted by atomic mass is 79.9. The van der Waals surface area contributed by atoms with Crippen LogP contribution in [0.15, 0.2) is 40.2 Å². The van der Waals surface area contributed by atoms with Crippen LogP contribution in [0.2, 0.25) is 0 Å². The maximum atomic E-state index is 12.2. The second-order valence-electron chi connectivity index (χ2n) is 4.82. The molecular weight excluding hydrogens is 336 g/mol. The summed E-state index contributed by atoms with van der Waals surface area (Å²) in [7, 11) is 0. The normalized spacial score (nSPS) is 18.2. The zero-order valence-corrected chi connectivity index (χ0v) is 13.3. The number of carbonyl (C=O) groups is 1. The number of anilines is 1. The van der Waals surface area contributed by atoms with E-state index < -0.39 is 0 Å². The molecule has 1 amide bonds. The number of benzene rings is 1. The van der Waals surface area contributed by atoms with Crippen LogP contribution < -0.4 is 10.6 Å². The monoisotopic (exact) mass is 350 g/mol. The van der Waals surface area contributed by atoms with E-state index in [1.54, 1.807) is 11.3 Å². The number of aryl methyl sites for hydroxylation is 1. The molecule has 1 aliphatic rings. The molecule has 1 aromatic carbocycles. The third-order valence-electron chi connectivity index (χ3n) is 3.45. The minimum atomic E-state index is -0.136. The molecule has 0 fully saturated rings. The van der Waals surface area contributed by atoms with Gasteiger partial charge in [0, 0.05) is 17.1 Å². The molecule has 0 saturated carbocycles. The van der Waals surface area contributed by atoms with Crippen molar-refractivity contribution < 1.29 is 4.79 Å². The fraction of sp³-hybridized carbons (Fsp3) is 0.267. The summed E-state index contributed by atoms with van der Waals surface area (Å²) in [5.74, 6) is 0.0607. The van der Waals surface area contributed by atoms with Crippen molar-refractivity contribution in [1.29, 1.82) is 0 Å². The second kappa shape index (κ2) is 6.08. The first-order valence-corrected chi connectivity index (χ1v) is 8.20. The number of rotatable bonds is 3. The van der Waals surface area contributed by atoms with Gasteiger partial charge in [0.15, 0.2) is 0 Å². The molecule has 0 radical (unpaired) electrons. The van der Waals surface area contributed by atoms with Crippen molar-refractivity contribution in [3.63, 3.8) is 0 Å². The molecule has 1 aliphatic heterocycles. The third-order valence-corrected chi connectivity index (χ3v) is 5.07. The highest BCUT2D eigenvalue weighted by molar-refractivity contribution is 9.11. The number of carbonyl (C=O) groups excluding carboxylic acids is 1. The molecule has 3 rings (SSSR count). The Morgan fingerprint density at radius 1 is 1.30 bits per heavy atom. The summed E-state index contributed by atoms with van der Waals surface area (Å²) in [5.41, 5.74) is 2.16. The van der Waals surface area contributed by atoms with Crippen LogP contribution in [0, 0.1) is 0 Å². The molecule has 20 heavy (non-hydrogen) atoms. The Morgan fingerprint density at radius 3 is 2.95 bits per heavy atom. The SMILES string of the molecule is O=C1Nc2ccccc2CCC1NCc1ccc(Br)s1. The average Bonchev–Trinajstić information content (AvgIpc) is 2.78. The first kappa shape index (κ1) is 13.8. The molecule has 2 aromatic rings. The van der Waals surface area contributed by atoms with Gasteiger partial charge in [-0.3, -0.25) is 4.79 Å². The Bertz CT molecular complexity index is 626. The number of nitrogens with one attached hydrogen (secondary N) is 2. The summed E-state index contributed by atoms with van der Waals surface area (Å²) in [4.78, 5) is 13.5. The molecule has 0 aliphatic carbocycles. The number of hydrogen-bond acceptors (Lipinski definition) is 3. The quantitative estimate of drug-likeness (QED) is 0.888. The Hall–Kier alpha value is -1.17. The predicted molar refractivity (Wildman–Crippen MR) is 86.0 cm³/mol. The summed E-state index contributed by atoms with van der Waals surface area (Å²) in [6.45, 7) is 0.727. The molecule has 0 saturated heterocycles. The van der Waals surface area contributed by atoms with Gasteiger partial charge in [0.25, 0.3) is 0 Å². The first-order valence-electron chi connectivity index (χ1n) is 6.59. The fourth-order valence-electron chi connectivity index (χ4n) is 2.38. The molecule has 5 heteroatoms. The first-order chi connectivity index (χ1) is 9.72. The van der Waals surface area contributed by atoms with Crippen LogP contribution in [-0.2, 0) is 17.8 Å². The highest BCUT2D eigenvalue weighted by Gasteiger charge is 2.22. The van der Waals surface area contributed by atoms with Crippen molar-refractivity contribution in [2.75, 3.05) is 5.32 Å². The van der Waals surface area contributed by atoms with Crippen LogP contribution in [0.4, 0.5) is 5.69 Å². The zero-order chi connectivity index (χ0) is 13.9. The standard InChI is InChI=1S/C15H15BrN2OS/c16-14-8-6-11(20-14)9-17-13-7-5-10-3-1-2-4-12(10)18-15(13)19/h1-4,6,8,13,17H,5,7,9H2,(H,18,19). The second-order valence-corrected chi connectivity index (χ2v) is 7.37. The van der Waals surface area contributed by atoms with Crippen molar-refractivity contribution in [3.8, 4) is 0 Å². The minimum Gasteiger partial charge on any atom is -0.324 e. The van der Waals surface area contributed by atoms with Gasteiger partial charge in [-0.05, 0) is 52.5 Å². The van der Waals surface area contributed by atoms with Crippen LogP contribution in [0.1, 0.15) is 16.9 Å². The highest BCUT2D eigenvalue weighted by Crippen LogP contribution is 2.24. The number of halogens is 1. The Balaban J connectivity index is 1.65. The van der Waals surface area contributed by atoms with Crippen molar-refractivity contribution in [2.24, 2.45) is 0 Å². The lowest BCUT2D eigenvalue weighted by Crippen LogP contribution is -2.39. The predicted octanol–water partition coefficient (Wildman–Crippen LogP) is 3.55. The lowest BCUT2D eigenvalue weighted by Gasteiger charge is -2.14. The Labute approximate surface area is 130 Å². The van der Waals surface area contributed by atoms with E-state index in [1.165, 1.54) is 10.4 Å². The molecular formula is C15H15BrN2OS. The van der Waals surface area contributed by atoms with Crippen LogP contribution in [0.3, 0.4) is 0 Å². The number of fused-ring (bicyclic) bond motifs is 1. The van der Waals surface area contributed by atoms with Gasteiger partial charge in [-0.25, -0.2) is 0 Å². The van der Waals surface area contributed by atoms with Crippen LogP contribution in [0.5, 0.6) is 0 Å². The Kier molecular flexibility index (Phi) is 4.19. The van der Waals surface area contributed by atoms with Gasteiger partial charge in [-0.1, -0.05) is 18.2 Å². The van der Waals surface area contributed by atoms with E-state index in [4.69, 9.17) is 0 Å². The van der Waals surface area contributed by atoms with Crippen molar-refractivity contribution in [1.82, 2.24) is 5.32 Å². The number of hydrogen-bond donors (Lipinski definition) is 2. The average molecular weight is 351 g/mol. The van der Waals surface area contributed by atoms with E-state index in [0.717, 1.165) is 28.9 Å². The molecule has 1 aromatic heterocycles. The maximum absolute atomic E-state index is 12.2.